The summed E-state index contributed by atoms with van der Waals surface area (Å²) < 4.78 is 16.3. The van der Waals surface area contributed by atoms with E-state index in [1.165, 1.54) is 12.5 Å². The molecular formula is C27H25ClN2O4. The molecule has 5 rings (SSSR count). The fourth-order valence-electron chi connectivity index (χ4n) is 4.33. The summed E-state index contributed by atoms with van der Waals surface area (Å²) in [5, 5.41) is 1.59. The van der Waals surface area contributed by atoms with Crippen LogP contribution in [0.4, 0.5) is 0 Å². The minimum Gasteiger partial charge on any atom is -0.497 e. The lowest BCUT2D eigenvalue weighted by Crippen LogP contribution is -2.37. The Balaban J connectivity index is 1.57. The molecule has 0 bridgehead atoms. The van der Waals surface area contributed by atoms with Crippen molar-refractivity contribution in [3.8, 4) is 17.0 Å². The van der Waals surface area contributed by atoms with Gasteiger partial charge in [-0.15, -0.1) is 0 Å². The number of carbonyl (C=O) groups is 1. The van der Waals surface area contributed by atoms with E-state index in [1.54, 1.807) is 13.2 Å². The van der Waals surface area contributed by atoms with Crippen molar-refractivity contribution in [2.45, 2.75) is 25.5 Å². The minimum absolute atomic E-state index is 0.0208. The lowest BCUT2D eigenvalue weighted by Gasteiger charge is -2.26. The number of rotatable bonds is 7. The molecule has 1 saturated heterocycles. The maximum Gasteiger partial charge on any atom is 0.257 e. The molecule has 34 heavy (non-hydrogen) atoms. The first kappa shape index (κ1) is 22.4. The molecule has 1 aliphatic heterocycles. The van der Waals surface area contributed by atoms with E-state index in [-0.39, 0.29) is 12.0 Å². The van der Waals surface area contributed by atoms with Gasteiger partial charge in [-0.2, -0.15) is 0 Å². The number of aromatic nitrogens is 1. The Morgan fingerprint density at radius 1 is 1.18 bits per heavy atom. The van der Waals surface area contributed by atoms with Crippen LogP contribution in [0.5, 0.6) is 5.75 Å². The number of amides is 1. The summed E-state index contributed by atoms with van der Waals surface area (Å²) in [6.45, 7) is 1.62. The maximum absolute atomic E-state index is 13.4. The van der Waals surface area contributed by atoms with Gasteiger partial charge in [0.25, 0.3) is 5.91 Å². The predicted octanol–water partition coefficient (Wildman–Crippen LogP) is 5.98. The van der Waals surface area contributed by atoms with E-state index in [2.05, 4.69) is 6.07 Å². The molecule has 174 valence electrons. The second-order valence-corrected chi connectivity index (χ2v) is 8.83. The summed E-state index contributed by atoms with van der Waals surface area (Å²) in [7, 11) is 1.64. The molecule has 4 aromatic rings. The Morgan fingerprint density at radius 2 is 2.03 bits per heavy atom. The molecule has 1 atom stereocenters. The SMILES string of the molecule is COc1ccc(-c2nc3cc(Cl)ccc3cc2CN(CC2CCCO2)C(=O)c2ccoc2)cc1. The van der Waals surface area contributed by atoms with E-state index in [1.807, 2.05) is 47.4 Å². The van der Waals surface area contributed by atoms with Gasteiger partial charge in [-0.05, 0) is 66.9 Å². The molecular weight excluding hydrogens is 452 g/mol. The minimum atomic E-state index is -0.0962. The van der Waals surface area contributed by atoms with E-state index in [0.29, 0.717) is 23.7 Å². The molecule has 0 spiro atoms. The van der Waals surface area contributed by atoms with Crippen molar-refractivity contribution in [2.75, 3.05) is 20.3 Å². The van der Waals surface area contributed by atoms with Gasteiger partial charge in [0.15, 0.2) is 0 Å². The zero-order valence-corrected chi connectivity index (χ0v) is 19.6. The number of fused-ring (bicyclic) bond motifs is 1. The van der Waals surface area contributed by atoms with Crippen molar-refractivity contribution in [1.82, 2.24) is 9.88 Å². The third kappa shape index (κ3) is 4.79. The largest absolute Gasteiger partial charge is 0.497 e. The van der Waals surface area contributed by atoms with Crippen LogP contribution in [0, 0.1) is 0 Å². The summed E-state index contributed by atoms with van der Waals surface area (Å²) in [5.74, 6) is 0.672. The van der Waals surface area contributed by atoms with E-state index >= 15 is 0 Å². The first-order chi connectivity index (χ1) is 16.6. The Kier molecular flexibility index (Phi) is 6.52. The highest BCUT2D eigenvalue weighted by molar-refractivity contribution is 6.31. The van der Waals surface area contributed by atoms with Gasteiger partial charge >= 0.3 is 0 Å². The average Bonchev–Trinajstić information content (AvgIpc) is 3.58. The Labute approximate surface area is 203 Å². The number of ether oxygens (including phenoxy) is 2. The Morgan fingerprint density at radius 3 is 2.74 bits per heavy atom. The van der Waals surface area contributed by atoms with Gasteiger partial charge in [0.2, 0.25) is 0 Å². The Hall–Kier alpha value is -3.35. The zero-order chi connectivity index (χ0) is 23.5. The van der Waals surface area contributed by atoms with Crippen LogP contribution in [0.3, 0.4) is 0 Å². The predicted molar refractivity (Wildman–Crippen MR) is 131 cm³/mol. The average molecular weight is 477 g/mol. The molecule has 7 heteroatoms. The van der Waals surface area contributed by atoms with E-state index in [4.69, 9.17) is 30.5 Å². The molecule has 1 aliphatic rings. The van der Waals surface area contributed by atoms with Crippen molar-refractivity contribution >= 4 is 28.4 Å². The highest BCUT2D eigenvalue weighted by Crippen LogP contribution is 2.30. The van der Waals surface area contributed by atoms with Gasteiger partial charge < -0.3 is 18.8 Å². The second-order valence-electron chi connectivity index (χ2n) is 8.39. The topological polar surface area (TPSA) is 64.8 Å². The van der Waals surface area contributed by atoms with E-state index < -0.39 is 0 Å². The van der Waals surface area contributed by atoms with Gasteiger partial charge in [0.1, 0.15) is 12.0 Å². The summed E-state index contributed by atoms with van der Waals surface area (Å²) in [4.78, 5) is 20.2. The molecule has 0 aliphatic carbocycles. The number of nitrogens with zero attached hydrogens (tertiary/aromatic N) is 2. The van der Waals surface area contributed by atoms with Gasteiger partial charge in [0, 0.05) is 35.7 Å². The van der Waals surface area contributed by atoms with Gasteiger partial charge in [-0.3, -0.25) is 4.79 Å². The number of pyridine rings is 1. The summed E-state index contributed by atoms with van der Waals surface area (Å²) >= 11 is 6.24. The fourth-order valence-corrected chi connectivity index (χ4v) is 4.50. The maximum atomic E-state index is 13.4. The zero-order valence-electron chi connectivity index (χ0n) is 18.9. The second kappa shape index (κ2) is 9.87. The number of methoxy groups -OCH3 is 1. The molecule has 6 nitrogen and oxygen atoms in total. The number of carbonyl (C=O) groups excluding carboxylic acids is 1. The van der Waals surface area contributed by atoms with Crippen LogP contribution < -0.4 is 4.74 Å². The van der Waals surface area contributed by atoms with Crippen LogP contribution in [0.1, 0.15) is 28.8 Å². The van der Waals surface area contributed by atoms with Crippen LogP contribution in [0.25, 0.3) is 22.2 Å². The van der Waals surface area contributed by atoms with Gasteiger partial charge in [-0.1, -0.05) is 17.7 Å². The van der Waals surface area contributed by atoms with Crippen molar-refractivity contribution < 1.29 is 18.7 Å². The molecule has 0 saturated carbocycles. The molecule has 1 fully saturated rings. The molecule has 3 heterocycles. The summed E-state index contributed by atoms with van der Waals surface area (Å²) in [6.07, 6.45) is 4.97. The van der Waals surface area contributed by atoms with Crippen LogP contribution in [0.15, 0.2) is 71.5 Å². The smallest absolute Gasteiger partial charge is 0.257 e. The van der Waals surface area contributed by atoms with Crippen molar-refractivity contribution in [1.29, 1.82) is 0 Å². The summed E-state index contributed by atoms with van der Waals surface area (Å²) in [6, 6.07) is 17.2. The van der Waals surface area contributed by atoms with Gasteiger partial charge in [0.05, 0.1) is 36.3 Å². The van der Waals surface area contributed by atoms with Crippen molar-refractivity contribution in [3.05, 3.63) is 83.3 Å². The first-order valence-corrected chi connectivity index (χ1v) is 11.6. The van der Waals surface area contributed by atoms with E-state index in [9.17, 15) is 4.79 Å². The number of halogens is 1. The van der Waals surface area contributed by atoms with Crippen LogP contribution in [0.2, 0.25) is 5.02 Å². The summed E-state index contributed by atoms with van der Waals surface area (Å²) in [5.41, 5.74) is 3.99. The lowest BCUT2D eigenvalue weighted by molar-refractivity contribution is 0.0507. The Bertz CT molecular complexity index is 1280. The quantitative estimate of drug-likeness (QED) is 0.328. The number of furan rings is 1. The van der Waals surface area contributed by atoms with Crippen LogP contribution in [-0.2, 0) is 11.3 Å². The molecule has 1 unspecified atom stereocenters. The fraction of sp³-hybridized carbons (Fsp3) is 0.259. The van der Waals surface area contributed by atoms with E-state index in [0.717, 1.165) is 52.9 Å². The lowest BCUT2D eigenvalue weighted by atomic mass is 10.0. The molecule has 2 aromatic carbocycles. The number of hydrogen-bond acceptors (Lipinski definition) is 5. The third-order valence-corrected chi connectivity index (χ3v) is 6.32. The monoisotopic (exact) mass is 476 g/mol. The van der Waals surface area contributed by atoms with Crippen LogP contribution >= 0.6 is 11.6 Å². The third-order valence-electron chi connectivity index (χ3n) is 6.09. The standard InChI is InChI=1S/C27H25ClN2O4/c1-32-23-8-5-18(6-9-23)26-21(13-19-4-7-22(28)14-25(19)29-26)15-30(16-24-3-2-11-34-24)27(31)20-10-12-33-17-20/h4-10,12-14,17,24H,2-3,11,15-16H2,1H3. The van der Waals surface area contributed by atoms with Crippen molar-refractivity contribution in [3.63, 3.8) is 0 Å². The highest BCUT2D eigenvalue weighted by Gasteiger charge is 2.25. The highest BCUT2D eigenvalue weighted by atomic mass is 35.5. The number of hydrogen-bond donors (Lipinski definition) is 0. The van der Waals surface area contributed by atoms with Crippen LogP contribution in [-0.4, -0.2) is 42.2 Å². The normalized spacial score (nSPS) is 15.5. The molecule has 1 amide bonds. The molecule has 0 radical (unpaired) electrons. The molecule has 0 N–H and O–H groups in total. The van der Waals surface area contributed by atoms with Crippen molar-refractivity contribution in [2.24, 2.45) is 0 Å². The van der Waals surface area contributed by atoms with Gasteiger partial charge in [-0.25, -0.2) is 4.98 Å². The molecule has 2 aromatic heterocycles. The first-order valence-electron chi connectivity index (χ1n) is 11.3. The number of benzene rings is 2.